The predicted octanol–water partition coefficient (Wildman–Crippen LogP) is 1.64. The van der Waals surface area contributed by atoms with E-state index < -0.39 is 0 Å². The van der Waals surface area contributed by atoms with Gasteiger partial charge in [0.05, 0.1) is 18.1 Å². The number of methoxy groups -OCH3 is 1. The Balaban J connectivity index is 2.32. The lowest BCUT2D eigenvalue weighted by atomic mass is 10.0. The molecule has 1 aliphatic carbocycles. The largest absolute Gasteiger partial charge is 0.497 e. The molecule has 0 unspecified atom stereocenters. The zero-order chi connectivity index (χ0) is 11.8. The van der Waals surface area contributed by atoms with Crippen LogP contribution in [0.4, 0.5) is 5.69 Å². The molecule has 16 heavy (non-hydrogen) atoms. The van der Waals surface area contributed by atoms with E-state index in [9.17, 15) is 10.1 Å². The van der Waals surface area contributed by atoms with Gasteiger partial charge < -0.3 is 10.5 Å². The lowest BCUT2D eigenvalue weighted by Gasteiger charge is -2.09. The van der Waals surface area contributed by atoms with Crippen LogP contribution < -0.4 is 10.5 Å². The number of benzene rings is 1. The van der Waals surface area contributed by atoms with Gasteiger partial charge in [-0.2, -0.15) is 0 Å². The van der Waals surface area contributed by atoms with Crippen LogP contribution in [0.2, 0.25) is 0 Å². The standard InChI is InChI=1S/C11H14N2O3/c1-16-9-3-2-8(7-11(12)4-5-11)10(6-9)13(14)15/h2-3,6H,4-5,7,12H2,1H3. The Morgan fingerprint density at radius 2 is 2.25 bits per heavy atom. The van der Waals surface area contributed by atoms with Crippen LogP contribution in [0.15, 0.2) is 18.2 Å². The Kier molecular flexibility index (Phi) is 2.55. The summed E-state index contributed by atoms with van der Waals surface area (Å²) in [4.78, 5) is 10.5. The third-order valence-electron chi connectivity index (χ3n) is 2.92. The molecule has 1 aromatic carbocycles. The summed E-state index contributed by atoms with van der Waals surface area (Å²) in [5.41, 5.74) is 6.52. The van der Waals surface area contributed by atoms with Crippen molar-refractivity contribution in [2.45, 2.75) is 24.8 Å². The molecular formula is C11H14N2O3. The maximum atomic E-state index is 10.9. The lowest BCUT2D eigenvalue weighted by Crippen LogP contribution is -2.24. The van der Waals surface area contributed by atoms with Crippen molar-refractivity contribution in [3.63, 3.8) is 0 Å². The van der Waals surface area contributed by atoms with Gasteiger partial charge in [0.2, 0.25) is 0 Å². The van der Waals surface area contributed by atoms with E-state index >= 15 is 0 Å². The van der Waals surface area contributed by atoms with Crippen LogP contribution >= 0.6 is 0 Å². The van der Waals surface area contributed by atoms with Crippen LogP contribution in [0.25, 0.3) is 0 Å². The second kappa shape index (κ2) is 3.75. The molecule has 2 rings (SSSR count). The third kappa shape index (κ3) is 2.14. The summed E-state index contributed by atoms with van der Waals surface area (Å²) in [6, 6.07) is 4.90. The van der Waals surface area contributed by atoms with Crippen LogP contribution in [0.1, 0.15) is 18.4 Å². The highest BCUT2D eigenvalue weighted by molar-refractivity contribution is 5.47. The van der Waals surface area contributed by atoms with Crippen molar-refractivity contribution in [3.8, 4) is 5.75 Å². The molecule has 0 aromatic heterocycles. The predicted molar refractivity (Wildman–Crippen MR) is 59.5 cm³/mol. The monoisotopic (exact) mass is 222 g/mol. The number of nitrogens with two attached hydrogens (primary N) is 1. The van der Waals surface area contributed by atoms with Crippen LogP contribution in [0, 0.1) is 10.1 Å². The van der Waals surface area contributed by atoms with Crippen molar-refractivity contribution in [1.82, 2.24) is 0 Å². The first-order chi connectivity index (χ1) is 7.54. The molecule has 86 valence electrons. The topological polar surface area (TPSA) is 78.4 Å². The van der Waals surface area contributed by atoms with Crippen LogP contribution in [-0.2, 0) is 6.42 Å². The molecule has 0 saturated heterocycles. The minimum Gasteiger partial charge on any atom is -0.497 e. The highest BCUT2D eigenvalue weighted by Gasteiger charge is 2.39. The highest BCUT2D eigenvalue weighted by Crippen LogP contribution is 2.38. The molecule has 0 aliphatic heterocycles. The smallest absolute Gasteiger partial charge is 0.276 e. The fourth-order valence-electron chi connectivity index (χ4n) is 1.71. The fourth-order valence-corrected chi connectivity index (χ4v) is 1.71. The Bertz CT molecular complexity index is 427. The molecule has 5 nitrogen and oxygen atoms in total. The normalized spacial score (nSPS) is 16.9. The molecule has 0 spiro atoms. The van der Waals surface area contributed by atoms with Crippen molar-refractivity contribution in [3.05, 3.63) is 33.9 Å². The van der Waals surface area contributed by atoms with E-state index in [-0.39, 0.29) is 16.1 Å². The molecule has 0 bridgehead atoms. The Morgan fingerprint density at radius 3 is 2.75 bits per heavy atom. The van der Waals surface area contributed by atoms with Gasteiger partial charge in [0, 0.05) is 11.1 Å². The second-order valence-electron chi connectivity index (χ2n) is 4.29. The maximum Gasteiger partial charge on any atom is 0.276 e. The number of hydrogen-bond donors (Lipinski definition) is 1. The van der Waals surface area contributed by atoms with Crippen molar-refractivity contribution in [2.75, 3.05) is 7.11 Å². The summed E-state index contributed by atoms with van der Waals surface area (Å²) in [5.74, 6) is 0.498. The van der Waals surface area contributed by atoms with Crippen molar-refractivity contribution < 1.29 is 9.66 Å². The number of rotatable bonds is 4. The average Bonchev–Trinajstić information content (AvgIpc) is 2.96. The Hall–Kier alpha value is -1.62. The summed E-state index contributed by atoms with van der Waals surface area (Å²) >= 11 is 0. The highest BCUT2D eigenvalue weighted by atomic mass is 16.6. The van der Waals surface area contributed by atoms with Crippen LogP contribution in [0.3, 0.4) is 0 Å². The lowest BCUT2D eigenvalue weighted by molar-refractivity contribution is -0.385. The SMILES string of the molecule is COc1ccc(CC2(N)CC2)c([N+](=O)[O-])c1. The van der Waals surface area contributed by atoms with Crippen LogP contribution in [-0.4, -0.2) is 17.6 Å². The molecule has 0 atom stereocenters. The average molecular weight is 222 g/mol. The molecule has 1 fully saturated rings. The first kappa shape index (κ1) is 10.9. The Morgan fingerprint density at radius 1 is 1.56 bits per heavy atom. The maximum absolute atomic E-state index is 10.9. The first-order valence-corrected chi connectivity index (χ1v) is 5.14. The van der Waals surface area contributed by atoms with Gasteiger partial charge in [0.15, 0.2) is 0 Å². The summed E-state index contributed by atoms with van der Waals surface area (Å²) in [7, 11) is 1.49. The third-order valence-corrected chi connectivity index (χ3v) is 2.92. The quantitative estimate of drug-likeness (QED) is 0.620. The zero-order valence-corrected chi connectivity index (χ0v) is 9.10. The van der Waals surface area contributed by atoms with Gasteiger partial charge >= 0.3 is 0 Å². The van der Waals surface area contributed by atoms with E-state index in [0.29, 0.717) is 17.7 Å². The van der Waals surface area contributed by atoms with Crippen molar-refractivity contribution >= 4 is 5.69 Å². The van der Waals surface area contributed by atoms with E-state index in [4.69, 9.17) is 10.5 Å². The van der Waals surface area contributed by atoms with Gasteiger partial charge in [-0.3, -0.25) is 10.1 Å². The summed E-state index contributed by atoms with van der Waals surface area (Å²) < 4.78 is 4.97. The second-order valence-corrected chi connectivity index (χ2v) is 4.29. The Labute approximate surface area is 93.4 Å². The number of nitro groups is 1. The minimum absolute atomic E-state index is 0.0936. The number of ether oxygens (including phenoxy) is 1. The molecule has 0 radical (unpaired) electrons. The summed E-state index contributed by atoms with van der Waals surface area (Å²) in [6.45, 7) is 0. The fraction of sp³-hybridized carbons (Fsp3) is 0.455. The first-order valence-electron chi connectivity index (χ1n) is 5.14. The van der Waals surface area contributed by atoms with E-state index in [1.165, 1.54) is 13.2 Å². The van der Waals surface area contributed by atoms with Crippen molar-refractivity contribution in [1.29, 1.82) is 0 Å². The molecule has 2 N–H and O–H groups in total. The van der Waals surface area contributed by atoms with Gasteiger partial charge in [-0.05, 0) is 31.4 Å². The zero-order valence-electron chi connectivity index (χ0n) is 9.10. The number of nitro benzene ring substituents is 1. The van der Waals surface area contributed by atoms with Gasteiger partial charge in [0.25, 0.3) is 5.69 Å². The van der Waals surface area contributed by atoms with Gasteiger partial charge in [-0.15, -0.1) is 0 Å². The van der Waals surface area contributed by atoms with Crippen LogP contribution in [0.5, 0.6) is 5.75 Å². The molecule has 1 saturated carbocycles. The summed E-state index contributed by atoms with van der Waals surface area (Å²) in [6.07, 6.45) is 2.44. The molecule has 0 amide bonds. The van der Waals surface area contributed by atoms with E-state index in [1.54, 1.807) is 12.1 Å². The van der Waals surface area contributed by atoms with Crippen molar-refractivity contribution in [2.24, 2.45) is 5.73 Å². The van der Waals surface area contributed by atoms with E-state index in [0.717, 1.165) is 12.8 Å². The molecule has 5 heteroatoms. The number of hydrogen-bond acceptors (Lipinski definition) is 4. The molecule has 1 aromatic rings. The molecular weight excluding hydrogens is 208 g/mol. The van der Waals surface area contributed by atoms with Gasteiger partial charge in [-0.1, -0.05) is 0 Å². The van der Waals surface area contributed by atoms with Gasteiger partial charge in [0.1, 0.15) is 5.75 Å². The minimum atomic E-state index is -0.385. The molecule has 1 aliphatic rings. The van der Waals surface area contributed by atoms with E-state index in [2.05, 4.69) is 0 Å². The summed E-state index contributed by atoms with van der Waals surface area (Å²) in [5, 5.41) is 10.9. The number of nitrogens with zero attached hydrogens (tertiary/aromatic N) is 1. The van der Waals surface area contributed by atoms with E-state index in [1.807, 2.05) is 0 Å². The van der Waals surface area contributed by atoms with Gasteiger partial charge in [-0.25, -0.2) is 0 Å². The molecule has 0 heterocycles.